The lowest BCUT2D eigenvalue weighted by Crippen LogP contribution is -2.42. The molecule has 100 valence electrons. The third kappa shape index (κ3) is 2.36. The Morgan fingerprint density at radius 1 is 1.32 bits per heavy atom. The van der Waals surface area contributed by atoms with Gasteiger partial charge in [0.1, 0.15) is 0 Å². The summed E-state index contributed by atoms with van der Waals surface area (Å²) >= 11 is 0. The number of carbonyl (C=O) groups is 1. The minimum absolute atomic E-state index is 0.0410. The summed E-state index contributed by atoms with van der Waals surface area (Å²) in [6, 6.07) is 8.22. The van der Waals surface area contributed by atoms with E-state index in [0.717, 1.165) is 42.4 Å². The van der Waals surface area contributed by atoms with Crippen LogP contribution in [0.1, 0.15) is 23.2 Å². The zero-order valence-corrected chi connectivity index (χ0v) is 11.1. The van der Waals surface area contributed by atoms with Crippen molar-refractivity contribution in [3.63, 3.8) is 0 Å². The first-order valence-corrected chi connectivity index (χ1v) is 6.81. The van der Waals surface area contributed by atoms with Crippen LogP contribution in [0, 0.1) is 0 Å². The fourth-order valence-electron chi connectivity index (χ4n) is 2.77. The van der Waals surface area contributed by atoms with Gasteiger partial charge in [0, 0.05) is 24.7 Å². The quantitative estimate of drug-likeness (QED) is 0.859. The average Bonchev–Trinajstić information content (AvgIpc) is 2.82. The van der Waals surface area contributed by atoms with Crippen molar-refractivity contribution < 1.29 is 4.79 Å². The molecule has 3 rings (SSSR count). The van der Waals surface area contributed by atoms with Crippen molar-refractivity contribution >= 4 is 16.8 Å². The van der Waals surface area contributed by atoms with Gasteiger partial charge in [0.15, 0.2) is 0 Å². The highest BCUT2D eigenvalue weighted by molar-refractivity contribution is 6.06. The maximum absolute atomic E-state index is 12.4. The van der Waals surface area contributed by atoms with Gasteiger partial charge in [0.05, 0.1) is 11.1 Å². The number of nitrogens with zero attached hydrogens (tertiary/aromatic N) is 1. The smallest absolute Gasteiger partial charge is 0.253 e. The number of piperidine rings is 1. The van der Waals surface area contributed by atoms with E-state index in [1.54, 1.807) is 0 Å². The highest BCUT2D eigenvalue weighted by Gasteiger charge is 2.18. The normalized spacial score (nSPS) is 16.7. The van der Waals surface area contributed by atoms with Gasteiger partial charge < -0.3 is 15.2 Å². The number of para-hydroxylation sites is 1. The van der Waals surface area contributed by atoms with E-state index in [0.29, 0.717) is 6.04 Å². The number of hydrogen-bond acceptors (Lipinski definition) is 2. The summed E-state index contributed by atoms with van der Waals surface area (Å²) < 4.78 is 2.01. The molecular formula is C15H19N3O. The van der Waals surface area contributed by atoms with Crippen molar-refractivity contribution in [1.82, 2.24) is 15.2 Å². The predicted molar refractivity (Wildman–Crippen MR) is 76.3 cm³/mol. The van der Waals surface area contributed by atoms with Crippen molar-refractivity contribution in [3.05, 3.63) is 36.0 Å². The van der Waals surface area contributed by atoms with Crippen LogP contribution in [0.3, 0.4) is 0 Å². The second-order valence-electron chi connectivity index (χ2n) is 5.17. The van der Waals surface area contributed by atoms with E-state index in [-0.39, 0.29) is 5.91 Å². The van der Waals surface area contributed by atoms with Crippen LogP contribution in [0.2, 0.25) is 0 Å². The lowest BCUT2D eigenvalue weighted by atomic mass is 10.1. The molecule has 1 aromatic carbocycles. The van der Waals surface area contributed by atoms with E-state index in [1.807, 2.05) is 42.1 Å². The van der Waals surface area contributed by atoms with Gasteiger partial charge in [0.25, 0.3) is 5.91 Å². The highest BCUT2D eigenvalue weighted by Crippen LogP contribution is 2.19. The summed E-state index contributed by atoms with van der Waals surface area (Å²) in [5, 5.41) is 7.57. The number of aryl methyl sites for hydroxylation is 1. The Bertz CT molecular complexity index is 596. The molecule has 0 atom stereocenters. The molecular weight excluding hydrogens is 238 g/mol. The second-order valence-corrected chi connectivity index (χ2v) is 5.17. The molecule has 2 aromatic rings. The molecule has 1 fully saturated rings. The standard InChI is InChI=1S/C15H19N3O/c1-18-10-7-11-3-2-4-13(14(11)18)15(19)17-12-5-8-16-9-6-12/h2-4,7,10,12,16H,5-6,8-9H2,1H3,(H,17,19). The van der Waals surface area contributed by atoms with E-state index in [1.165, 1.54) is 0 Å². The summed E-state index contributed by atoms with van der Waals surface area (Å²) in [6.45, 7) is 1.97. The van der Waals surface area contributed by atoms with Crippen molar-refractivity contribution in [2.75, 3.05) is 13.1 Å². The maximum Gasteiger partial charge on any atom is 0.253 e. The van der Waals surface area contributed by atoms with Crippen molar-refractivity contribution in [3.8, 4) is 0 Å². The summed E-state index contributed by atoms with van der Waals surface area (Å²) in [7, 11) is 1.98. The van der Waals surface area contributed by atoms with Crippen molar-refractivity contribution in [1.29, 1.82) is 0 Å². The molecule has 1 saturated heterocycles. The number of hydrogen-bond donors (Lipinski definition) is 2. The fraction of sp³-hybridized carbons (Fsp3) is 0.400. The third-order valence-corrected chi connectivity index (χ3v) is 3.82. The van der Waals surface area contributed by atoms with Crippen LogP contribution in [0.15, 0.2) is 30.5 Å². The topological polar surface area (TPSA) is 46.1 Å². The Morgan fingerprint density at radius 3 is 2.89 bits per heavy atom. The van der Waals surface area contributed by atoms with Gasteiger partial charge in [-0.15, -0.1) is 0 Å². The molecule has 2 N–H and O–H groups in total. The first-order chi connectivity index (χ1) is 9.25. The number of carbonyl (C=O) groups excluding carboxylic acids is 1. The largest absolute Gasteiger partial charge is 0.350 e. The zero-order valence-electron chi connectivity index (χ0n) is 11.1. The fourth-order valence-corrected chi connectivity index (χ4v) is 2.77. The molecule has 0 spiro atoms. The Morgan fingerprint density at radius 2 is 2.11 bits per heavy atom. The number of benzene rings is 1. The summed E-state index contributed by atoms with van der Waals surface area (Å²) in [5.41, 5.74) is 1.78. The van der Waals surface area contributed by atoms with E-state index in [4.69, 9.17) is 0 Å². The van der Waals surface area contributed by atoms with Crippen LogP contribution < -0.4 is 10.6 Å². The number of amides is 1. The number of aromatic nitrogens is 1. The first kappa shape index (κ1) is 12.2. The Balaban J connectivity index is 1.86. The van der Waals surface area contributed by atoms with E-state index in [9.17, 15) is 4.79 Å². The van der Waals surface area contributed by atoms with Crippen LogP contribution in [0.25, 0.3) is 10.9 Å². The van der Waals surface area contributed by atoms with E-state index < -0.39 is 0 Å². The molecule has 0 saturated carbocycles. The first-order valence-electron chi connectivity index (χ1n) is 6.81. The predicted octanol–water partition coefficient (Wildman–Crippen LogP) is 1.66. The summed E-state index contributed by atoms with van der Waals surface area (Å²) in [5.74, 6) is 0.0410. The Labute approximate surface area is 112 Å². The summed E-state index contributed by atoms with van der Waals surface area (Å²) in [4.78, 5) is 12.4. The molecule has 0 radical (unpaired) electrons. The van der Waals surface area contributed by atoms with Crippen LogP contribution in [-0.4, -0.2) is 29.6 Å². The molecule has 2 heterocycles. The molecule has 4 heteroatoms. The van der Waals surface area contributed by atoms with Crippen molar-refractivity contribution in [2.45, 2.75) is 18.9 Å². The molecule has 4 nitrogen and oxygen atoms in total. The minimum atomic E-state index is 0.0410. The molecule has 19 heavy (non-hydrogen) atoms. The molecule has 1 aliphatic heterocycles. The van der Waals surface area contributed by atoms with E-state index in [2.05, 4.69) is 10.6 Å². The van der Waals surface area contributed by atoms with Crippen LogP contribution in [-0.2, 0) is 7.05 Å². The third-order valence-electron chi connectivity index (χ3n) is 3.82. The van der Waals surface area contributed by atoms with Gasteiger partial charge in [-0.05, 0) is 38.1 Å². The van der Waals surface area contributed by atoms with Gasteiger partial charge in [-0.1, -0.05) is 12.1 Å². The molecule has 1 amide bonds. The molecule has 1 aromatic heterocycles. The maximum atomic E-state index is 12.4. The monoisotopic (exact) mass is 257 g/mol. The zero-order chi connectivity index (χ0) is 13.2. The number of fused-ring (bicyclic) bond motifs is 1. The number of nitrogens with one attached hydrogen (secondary N) is 2. The lowest BCUT2D eigenvalue weighted by Gasteiger charge is -2.23. The SMILES string of the molecule is Cn1ccc2cccc(C(=O)NC3CCNCC3)c21. The molecule has 0 aliphatic carbocycles. The van der Waals surface area contributed by atoms with Gasteiger partial charge in [-0.2, -0.15) is 0 Å². The number of rotatable bonds is 2. The van der Waals surface area contributed by atoms with Crippen LogP contribution in [0.4, 0.5) is 0 Å². The second kappa shape index (κ2) is 5.05. The molecule has 1 aliphatic rings. The van der Waals surface area contributed by atoms with Gasteiger partial charge in [-0.25, -0.2) is 0 Å². The van der Waals surface area contributed by atoms with Crippen molar-refractivity contribution in [2.24, 2.45) is 7.05 Å². The van der Waals surface area contributed by atoms with Crippen LogP contribution in [0.5, 0.6) is 0 Å². The Hall–Kier alpha value is -1.81. The van der Waals surface area contributed by atoms with Crippen LogP contribution >= 0.6 is 0 Å². The average molecular weight is 257 g/mol. The Kier molecular flexibility index (Phi) is 3.25. The van der Waals surface area contributed by atoms with Gasteiger partial charge in [0.2, 0.25) is 0 Å². The molecule has 0 unspecified atom stereocenters. The molecule has 0 bridgehead atoms. The lowest BCUT2D eigenvalue weighted by molar-refractivity contribution is 0.0931. The highest BCUT2D eigenvalue weighted by atomic mass is 16.1. The van der Waals surface area contributed by atoms with Gasteiger partial charge in [-0.3, -0.25) is 4.79 Å². The minimum Gasteiger partial charge on any atom is -0.350 e. The van der Waals surface area contributed by atoms with Gasteiger partial charge >= 0.3 is 0 Å². The summed E-state index contributed by atoms with van der Waals surface area (Å²) in [6.07, 6.45) is 4.01. The van der Waals surface area contributed by atoms with E-state index >= 15 is 0 Å².